The lowest BCUT2D eigenvalue weighted by atomic mass is 9.76. The Bertz CT molecular complexity index is 403. The molecule has 5 heteroatoms. The highest BCUT2D eigenvalue weighted by atomic mass is 16.6. The van der Waals surface area contributed by atoms with E-state index >= 15 is 0 Å². The summed E-state index contributed by atoms with van der Waals surface area (Å²) in [7, 11) is 0. The predicted molar refractivity (Wildman–Crippen MR) is 87.6 cm³/mol. The van der Waals surface area contributed by atoms with Gasteiger partial charge in [0, 0.05) is 19.5 Å². The first-order chi connectivity index (χ1) is 10.0. The fourth-order valence-corrected chi connectivity index (χ4v) is 3.21. The van der Waals surface area contributed by atoms with Crippen LogP contribution in [0.5, 0.6) is 0 Å². The van der Waals surface area contributed by atoms with Gasteiger partial charge in [-0.1, -0.05) is 13.8 Å². The number of amides is 2. The molecule has 1 rings (SSSR count). The number of hydrogen-bond donors (Lipinski definition) is 2. The highest BCUT2D eigenvalue weighted by molar-refractivity contribution is 5.72. The third-order valence-electron chi connectivity index (χ3n) is 4.73. The van der Waals surface area contributed by atoms with Gasteiger partial charge in [0.05, 0.1) is 0 Å². The van der Waals surface area contributed by atoms with E-state index in [1.807, 2.05) is 20.8 Å². The van der Waals surface area contributed by atoms with Crippen molar-refractivity contribution in [3.05, 3.63) is 0 Å². The molecule has 5 nitrogen and oxygen atoms in total. The lowest BCUT2D eigenvalue weighted by Gasteiger charge is -2.32. The fraction of sp³-hybridized carbons (Fsp3) is 0.882. The molecule has 0 radical (unpaired) electrons. The zero-order valence-corrected chi connectivity index (χ0v) is 14.9. The maximum atomic E-state index is 11.9. The summed E-state index contributed by atoms with van der Waals surface area (Å²) in [5.41, 5.74) is -0.258. The molecule has 0 heterocycles. The summed E-state index contributed by atoms with van der Waals surface area (Å²) in [6.07, 6.45) is 3.78. The van der Waals surface area contributed by atoms with Gasteiger partial charge in [-0.2, -0.15) is 0 Å². The second-order valence-corrected chi connectivity index (χ2v) is 7.82. The van der Waals surface area contributed by atoms with Gasteiger partial charge in [0.25, 0.3) is 0 Å². The van der Waals surface area contributed by atoms with Crippen LogP contribution in [0, 0.1) is 11.3 Å². The topological polar surface area (TPSA) is 67.4 Å². The van der Waals surface area contributed by atoms with Gasteiger partial charge in [0.2, 0.25) is 5.91 Å². The second kappa shape index (κ2) is 7.34. The molecule has 2 N–H and O–H groups in total. The van der Waals surface area contributed by atoms with E-state index < -0.39 is 5.60 Å². The molecule has 1 unspecified atom stereocenters. The number of ether oxygens (including phenoxy) is 1. The first-order valence-electron chi connectivity index (χ1n) is 8.27. The van der Waals surface area contributed by atoms with Crippen molar-refractivity contribution in [2.24, 2.45) is 11.3 Å². The molecule has 1 fully saturated rings. The van der Waals surface area contributed by atoms with Gasteiger partial charge in [-0.25, -0.2) is 4.79 Å². The lowest BCUT2D eigenvalue weighted by Crippen LogP contribution is -2.42. The van der Waals surface area contributed by atoms with Gasteiger partial charge >= 0.3 is 6.09 Å². The third kappa shape index (κ3) is 5.85. The summed E-state index contributed by atoms with van der Waals surface area (Å²) >= 11 is 0. The Morgan fingerprint density at radius 3 is 2.50 bits per heavy atom. The molecular formula is C17H32N2O3. The molecule has 22 heavy (non-hydrogen) atoms. The monoisotopic (exact) mass is 312 g/mol. The number of alkyl carbamates (subject to hydrolysis) is 1. The smallest absolute Gasteiger partial charge is 0.407 e. The van der Waals surface area contributed by atoms with Gasteiger partial charge in [0.15, 0.2) is 0 Å². The zero-order valence-electron chi connectivity index (χ0n) is 14.9. The molecule has 3 atom stereocenters. The minimum absolute atomic E-state index is 0.0223. The first kappa shape index (κ1) is 18.8. The Morgan fingerprint density at radius 2 is 1.95 bits per heavy atom. The second-order valence-electron chi connectivity index (χ2n) is 7.82. The Hall–Kier alpha value is -1.26. The Labute approximate surface area is 134 Å². The Balaban J connectivity index is 2.44. The summed E-state index contributed by atoms with van der Waals surface area (Å²) in [6, 6.07) is 0.167. The standard InChI is InChI=1S/C17H32N2O3/c1-12-14(19-15(21)22-16(3,4)5)8-10-17(12,6)9-7-11-18-13(2)20/h12,14H,7-11H2,1-6H3,(H,18,20)(H,19,21)/t12?,14-,17+/m1/s1. The molecule has 0 aliphatic heterocycles. The normalized spacial score (nSPS) is 28.3. The van der Waals surface area contributed by atoms with Gasteiger partial charge in [-0.3, -0.25) is 4.79 Å². The van der Waals surface area contributed by atoms with Gasteiger partial charge in [0.1, 0.15) is 5.60 Å². The number of hydrogen-bond acceptors (Lipinski definition) is 3. The highest BCUT2D eigenvalue weighted by Crippen LogP contribution is 2.46. The molecule has 1 aliphatic rings. The zero-order chi connectivity index (χ0) is 17.0. The highest BCUT2D eigenvalue weighted by Gasteiger charge is 2.42. The quantitative estimate of drug-likeness (QED) is 0.766. The van der Waals surface area contributed by atoms with Crippen molar-refractivity contribution < 1.29 is 14.3 Å². The third-order valence-corrected chi connectivity index (χ3v) is 4.73. The molecule has 1 aliphatic carbocycles. The number of carbonyl (C=O) groups is 2. The molecule has 2 amide bonds. The number of carbonyl (C=O) groups excluding carboxylic acids is 2. The summed E-state index contributed by atoms with van der Waals surface area (Å²) in [4.78, 5) is 22.8. The molecule has 0 aromatic carbocycles. The fourth-order valence-electron chi connectivity index (χ4n) is 3.21. The average Bonchev–Trinajstić information content (AvgIpc) is 2.61. The minimum atomic E-state index is -0.465. The van der Waals surface area contributed by atoms with E-state index in [1.54, 1.807) is 6.92 Å². The van der Waals surface area contributed by atoms with E-state index in [2.05, 4.69) is 24.5 Å². The van der Waals surface area contributed by atoms with E-state index in [4.69, 9.17) is 4.74 Å². The predicted octanol–water partition coefficient (Wildman–Crippen LogP) is 3.23. The SMILES string of the molecule is CC(=O)NCCC[C@@]1(C)CC[C@@H](NC(=O)OC(C)(C)C)C1C. The van der Waals surface area contributed by atoms with Crippen molar-refractivity contribution in [1.82, 2.24) is 10.6 Å². The van der Waals surface area contributed by atoms with Crippen LogP contribution < -0.4 is 10.6 Å². The molecule has 128 valence electrons. The maximum absolute atomic E-state index is 11.9. The van der Waals surface area contributed by atoms with Crippen molar-refractivity contribution in [2.45, 2.75) is 78.9 Å². The largest absolute Gasteiger partial charge is 0.444 e. The molecule has 0 saturated heterocycles. The van der Waals surface area contributed by atoms with Crippen LogP contribution in [0.4, 0.5) is 4.79 Å². The Morgan fingerprint density at radius 1 is 1.32 bits per heavy atom. The van der Waals surface area contributed by atoms with E-state index in [0.29, 0.717) is 5.92 Å². The summed E-state index contributed by atoms with van der Waals surface area (Å²) < 4.78 is 5.34. The first-order valence-corrected chi connectivity index (χ1v) is 8.27. The Kier molecular flexibility index (Phi) is 6.27. The summed E-state index contributed by atoms with van der Waals surface area (Å²) in [5.74, 6) is 0.423. The van der Waals surface area contributed by atoms with E-state index in [-0.39, 0.29) is 23.5 Å². The molecule has 0 aromatic heterocycles. The van der Waals surface area contributed by atoms with Crippen molar-refractivity contribution in [3.63, 3.8) is 0 Å². The summed E-state index contributed by atoms with van der Waals surface area (Å²) in [5, 5.41) is 5.86. The van der Waals surface area contributed by atoms with Crippen LogP contribution >= 0.6 is 0 Å². The van der Waals surface area contributed by atoms with E-state index in [9.17, 15) is 9.59 Å². The number of nitrogens with one attached hydrogen (secondary N) is 2. The minimum Gasteiger partial charge on any atom is -0.444 e. The number of rotatable bonds is 5. The van der Waals surface area contributed by atoms with Crippen LogP contribution in [0.3, 0.4) is 0 Å². The van der Waals surface area contributed by atoms with Crippen LogP contribution in [0.2, 0.25) is 0 Å². The average molecular weight is 312 g/mol. The van der Waals surface area contributed by atoms with Gasteiger partial charge in [-0.05, 0) is 57.8 Å². The van der Waals surface area contributed by atoms with Gasteiger partial charge in [-0.15, -0.1) is 0 Å². The van der Waals surface area contributed by atoms with Crippen molar-refractivity contribution in [2.75, 3.05) is 6.54 Å². The van der Waals surface area contributed by atoms with Crippen LogP contribution in [0.1, 0.15) is 67.2 Å². The molecular weight excluding hydrogens is 280 g/mol. The maximum Gasteiger partial charge on any atom is 0.407 e. The lowest BCUT2D eigenvalue weighted by molar-refractivity contribution is -0.119. The van der Waals surface area contributed by atoms with Crippen LogP contribution in [0.15, 0.2) is 0 Å². The van der Waals surface area contributed by atoms with Gasteiger partial charge < -0.3 is 15.4 Å². The van der Waals surface area contributed by atoms with Crippen molar-refractivity contribution in [3.8, 4) is 0 Å². The molecule has 0 bridgehead atoms. The van der Waals surface area contributed by atoms with Crippen LogP contribution in [0.25, 0.3) is 0 Å². The molecule has 1 saturated carbocycles. The van der Waals surface area contributed by atoms with Crippen LogP contribution in [-0.2, 0) is 9.53 Å². The summed E-state index contributed by atoms with van der Waals surface area (Å²) in [6.45, 7) is 12.4. The van der Waals surface area contributed by atoms with Crippen molar-refractivity contribution >= 4 is 12.0 Å². The molecule has 0 aromatic rings. The van der Waals surface area contributed by atoms with Crippen molar-refractivity contribution in [1.29, 1.82) is 0 Å². The molecule has 0 spiro atoms. The van der Waals surface area contributed by atoms with Crippen LogP contribution in [-0.4, -0.2) is 30.2 Å². The van der Waals surface area contributed by atoms with E-state index in [0.717, 1.165) is 32.2 Å². The van der Waals surface area contributed by atoms with E-state index in [1.165, 1.54) is 0 Å².